The lowest BCUT2D eigenvalue weighted by Crippen LogP contribution is -1.93. The molecule has 0 bridgehead atoms. The number of nitrogens with zero attached hydrogens (tertiary/aromatic N) is 1. The van der Waals surface area contributed by atoms with E-state index in [0.29, 0.717) is 0 Å². The first-order valence-electron chi connectivity index (χ1n) is 4.30. The van der Waals surface area contributed by atoms with Crippen molar-refractivity contribution in [3.8, 4) is 0 Å². The van der Waals surface area contributed by atoms with Gasteiger partial charge in [0.2, 0.25) is 0 Å². The number of hydrogen-bond donors (Lipinski definition) is 1. The van der Waals surface area contributed by atoms with Gasteiger partial charge in [0.05, 0.1) is 5.52 Å². The topological polar surface area (TPSA) is 38.9 Å². The predicted octanol–water partition coefficient (Wildman–Crippen LogP) is 2.43. The Hall–Kier alpha value is -1.57. The van der Waals surface area contributed by atoms with Crippen LogP contribution in [0, 0.1) is 13.8 Å². The lowest BCUT2D eigenvalue weighted by molar-refractivity contribution is 1.33. The van der Waals surface area contributed by atoms with Gasteiger partial charge in [0, 0.05) is 17.3 Å². The van der Waals surface area contributed by atoms with Gasteiger partial charge < -0.3 is 5.73 Å². The van der Waals surface area contributed by atoms with Crippen molar-refractivity contribution in [3.63, 3.8) is 0 Å². The number of nitrogens with two attached hydrogens (primary N) is 1. The van der Waals surface area contributed by atoms with Crippen molar-refractivity contribution < 1.29 is 0 Å². The number of fused-ring (bicyclic) bond motifs is 1. The maximum absolute atomic E-state index is 5.93. The molecule has 0 aliphatic carbocycles. The molecule has 13 heavy (non-hydrogen) atoms. The Morgan fingerprint density at radius 3 is 2.77 bits per heavy atom. The van der Waals surface area contributed by atoms with Gasteiger partial charge in [-0.1, -0.05) is 12.1 Å². The molecule has 2 heteroatoms. The molecule has 0 aliphatic rings. The number of rotatable bonds is 0. The molecule has 66 valence electrons. The molecule has 0 amide bonds. The first-order chi connectivity index (χ1) is 6.18. The van der Waals surface area contributed by atoms with Gasteiger partial charge in [0.1, 0.15) is 0 Å². The minimum absolute atomic E-state index is 0.838. The average molecular weight is 172 g/mol. The van der Waals surface area contributed by atoms with Gasteiger partial charge >= 0.3 is 0 Å². The first kappa shape index (κ1) is 8.05. The van der Waals surface area contributed by atoms with Crippen LogP contribution in [0.2, 0.25) is 0 Å². The Morgan fingerprint density at radius 1 is 1.23 bits per heavy atom. The van der Waals surface area contributed by atoms with Crippen LogP contribution >= 0.6 is 0 Å². The third kappa shape index (κ3) is 1.24. The molecular formula is C11H12N2. The zero-order valence-electron chi connectivity index (χ0n) is 7.83. The van der Waals surface area contributed by atoms with Crippen molar-refractivity contribution in [1.29, 1.82) is 0 Å². The Labute approximate surface area is 77.4 Å². The standard InChI is InChI=1S/C11H12N2/c1-7-3-4-9-10(5-7)13-6-8(2)11(9)12/h3-6H,1-2H3,(H2,12,13). The molecule has 1 heterocycles. The lowest BCUT2D eigenvalue weighted by atomic mass is 10.1. The summed E-state index contributed by atoms with van der Waals surface area (Å²) in [4.78, 5) is 4.32. The molecule has 0 atom stereocenters. The Bertz CT molecular complexity index is 461. The average Bonchev–Trinajstić information content (AvgIpc) is 2.12. The van der Waals surface area contributed by atoms with E-state index in [0.717, 1.165) is 22.2 Å². The summed E-state index contributed by atoms with van der Waals surface area (Å²) in [7, 11) is 0. The largest absolute Gasteiger partial charge is 0.398 e. The highest BCUT2D eigenvalue weighted by atomic mass is 14.7. The summed E-state index contributed by atoms with van der Waals surface area (Å²) >= 11 is 0. The second-order valence-electron chi connectivity index (χ2n) is 3.38. The molecule has 2 rings (SSSR count). The minimum Gasteiger partial charge on any atom is -0.398 e. The van der Waals surface area contributed by atoms with Crippen LogP contribution in [0.3, 0.4) is 0 Å². The SMILES string of the molecule is Cc1ccc2c(N)c(C)cnc2c1. The highest BCUT2D eigenvalue weighted by molar-refractivity contribution is 5.91. The zero-order chi connectivity index (χ0) is 9.42. The van der Waals surface area contributed by atoms with E-state index in [4.69, 9.17) is 5.73 Å². The summed E-state index contributed by atoms with van der Waals surface area (Å²) in [5.74, 6) is 0. The number of hydrogen-bond acceptors (Lipinski definition) is 2. The normalized spacial score (nSPS) is 10.6. The highest BCUT2D eigenvalue weighted by Crippen LogP contribution is 2.22. The van der Waals surface area contributed by atoms with Gasteiger partial charge in [-0.15, -0.1) is 0 Å². The summed E-state index contributed by atoms with van der Waals surface area (Å²) in [6.45, 7) is 4.03. The van der Waals surface area contributed by atoms with E-state index in [1.165, 1.54) is 5.56 Å². The fourth-order valence-corrected chi connectivity index (χ4v) is 1.42. The molecule has 1 aromatic carbocycles. The van der Waals surface area contributed by atoms with E-state index in [9.17, 15) is 0 Å². The first-order valence-corrected chi connectivity index (χ1v) is 4.30. The molecule has 0 unspecified atom stereocenters. The number of aromatic nitrogens is 1. The van der Waals surface area contributed by atoms with Crippen LogP contribution in [0.15, 0.2) is 24.4 Å². The summed E-state index contributed by atoms with van der Waals surface area (Å²) in [6, 6.07) is 6.13. The third-order valence-electron chi connectivity index (χ3n) is 2.27. The van der Waals surface area contributed by atoms with Gasteiger partial charge in [-0.3, -0.25) is 4.98 Å². The summed E-state index contributed by atoms with van der Waals surface area (Å²) in [5, 5.41) is 1.05. The molecule has 2 N–H and O–H groups in total. The van der Waals surface area contributed by atoms with E-state index >= 15 is 0 Å². The van der Waals surface area contributed by atoms with E-state index in [2.05, 4.69) is 18.0 Å². The van der Waals surface area contributed by atoms with Crippen molar-refractivity contribution in [2.24, 2.45) is 0 Å². The summed E-state index contributed by atoms with van der Waals surface area (Å²) in [5.41, 5.74) is 9.99. The molecule has 0 radical (unpaired) electrons. The van der Waals surface area contributed by atoms with Crippen molar-refractivity contribution in [1.82, 2.24) is 4.98 Å². The van der Waals surface area contributed by atoms with Crippen LogP contribution in [-0.2, 0) is 0 Å². The summed E-state index contributed by atoms with van der Waals surface area (Å²) < 4.78 is 0. The second-order valence-corrected chi connectivity index (χ2v) is 3.38. The van der Waals surface area contributed by atoms with E-state index in [-0.39, 0.29) is 0 Å². The second kappa shape index (κ2) is 2.73. The molecule has 0 spiro atoms. The number of benzene rings is 1. The van der Waals surface area contributed by atoms with E-state index in [1.807, 2.05) is 25.3 Å². The van der Waals surface area contributed by atoms with Crippen molar-refractivity contribution in [2.75, 3.05) is 5.73 Å². The lowest BCUT2D eigenvalue weighted by Gasteiger charge is -2.04. The smallest absolute Gasteiger partial charge is 0.0725 e. The van der Waals surface area contributed by atoms with Crippen molar-refractivity contribution in [2.45, 2.75) is 13.8 Å². The van der Waals surface area contributed by atoms with Crippen LogP contribution in [0.25, 0.3) is 10.9 Å². The van der Waals surface area contributed by atoms with Crippen LogP contribution < -0.4 is 5.73 Å². The number of pyridine rings is 1. The van der Waals surface area contributed by atoms with Crippen LogP contribution in [0.4, 0.5) is 5.69 Å². The molecule has 0 aliphatic heterocycles. The maximum Gasteiger partial charge on any atom is 0.0725 e. The van der Waals surface area contributed by atoms with Gasteiger partial charge in [0.25, 0.3) is 0 Å². The quantitative estimate of drug-likeness (QED) is 0.662. The molecule has 0 saturated heterocycles. The number of anilines is 1. The molecule has 2 nitrogen and oxygen atoms in total. The van der Waals surface area contributed by atoms with Crippen LogP contribution in [-0.4, -0.2) is 4.98 Å². The molecular weight excluding hydrogens is 160 g/mol. The molecule has 0 saturated carbocycles. The number of aryl methyl sites for hydroxylation is 2. The van der Waals surface area contributed by atoms with Crippen molar-refractivity contribution in [3.05, 3.63) is 35.5 Å². The minimum atomic E-state index is 0.838. The highest BCUT2D eigenvalue weighted by Gasteiger charge is 2.01. The third-order valence-corrected chi connectivity index (χ3v) is 2.27. The molecule has 0 fully saturated rings. The van der Waals surface area contributed by atoms with Crippen LogP contribution in [0.5, 0.6) is 0 Å². The fourth-order valence-electron chi connectivity index (χ4n) is 1.42. The van der Waals surface area contributed by atoms with Crippen molar-refractivity contribution >= 4 is 16.6 Å². The van der Waals surface area contributed by atoms with Gasteiger partial charge in [-0.2, -0.15) is 0 Å². The monoisotopic (exact) mass is 172 g/mol. The van der Waals surface area contributed by atoms with Gasteiger partial charge in [-0.05, 0) is 31.0 Å². The Morgan fingerprint density at radius 2 is 2.00 bits per heavy atom. The van der Waals surface area contributed by atoms with E-state index in [1.54, 1.807) is 0 Å². The van der Waals surface area contributed by atoms with E-state index < -0.39 is 0 Å². The Kier molecular flexibility index (Phi) is 1.69. The van der Waals surface area contributed by atoms with Crippen LogP contribution in [0.1, 0.15) is 11.1 Å². The predicted molar refractivity (Wildman–Crippen MR) is 55.6 cm³/mol. The molecule has 2 aromatic rings. The summed E-state index contributed by atoms with van der Waals surface area (Å²) in [6.07, 6.45) is 1.82. The maximum atomic E-state index is 5.93. The van der Waals surface area contributed by atoms with Gasteiger partial charge in [-0.25, -0.2) is 0 Å². The zero-order valence-corrected chi connectivity index (χ0v) is 7.83. The molecule has 1 aromatic heterocycles. The number of nitrogen functional groups attached to an aromatic ring is 1. The van der Waals surface area contributed by atoms with Gasteiger partial charge in [0.15, 0.2) is 0 Å². The Balaban J connectivity index is 2.87. The fraction of sp³-hybridized carbons (Fsp3) is 0.182.